The monoisotopic (exact) mass is 237 g/mol. The number of nitrogens with zero attached hydrogens (tertiary/aromatic N) is 2. The van der Waals surface area contributed by atoms with E-state index in [1.165, 1.54) is 0 Å². The SMILES string of the molecule is Cc1nc(-c2nc(CNC(C)C)co2)cs1. The van der Waals surface area contributed by atoms with Gasteiger partial charge in [0.15, 0.2) is 0 Å². The average Bonchev–Trinajstić information content (AvgIpc) is 2.83. The van der Waals surface area contributed by atoms with E-state index in [1.54, 1.807) is 17.6 Å². The summed E-state index contributed by atoms with van der Waals surface area (Å²) in [6.07, 6.45) is 1.68. The molecular formula is C11H15N3OS. The van der Waals surface area contributed by atoms with Crippen LogP contribution in [-0.4, -0.2) is 16.0 Å². The molecule has 0 radical (unpaired) electrons. The molecule has 2 aromatic rings. The van der Waals surface area contributed by atoms with Gasteiger partial charge in [0.05, 0.1) is 10.7 Å². The van der Waals surface area contributed by atoms with Crippen molar-refractivity contribution in [1.82, 2.24) is 15.3 Å². The number of hydrogen-bond donors (Lipinski definition) is 1. The van der Waals surface area contributed by atoms with Gasteiger partial charge >= 0.3 is 0 Å². The van der Waals surface area contributed by atoms with Gasteiger partial charge in [-0.1, -0.05) is 13.8 Å². The number of nitrogens with one attached hydrogen (secondary N) is 1. The van der Waals surface area contributed by atoms with Crippen LogP contribution >= 0.6 is 11.3 Å². The molecule has 0 aromatic carbocycles. The smallest absolute Gasteiger partial charge is 0.246 e. The van der Waals surface area contributed by atoms with E-state index in [4.69, 9.17) is 4.42 Å². The van der Waals surface area contributed by atoms with Crippen molar-refractivity contribution in [2.24, 2.45) is 0 Å². The molecule has 2 rings (SSSR count). The van der Waals surface area contributed by atoms with Crippen LogP contribution in [0, 0.1) is 6.92 Å². The second kappa shape index (κ2) is 4.76. The predicted octanol–water partition coefficient (Wildman–Crippen LogP) is 2.60. The number of hydrogen-bond acceptors (Lipinski definition) is 5. The van der Waals surface area contributed by atoms with Crippen LogP contribution in [-0.2, 0) is 6.54 Å². The minimum atomic E-state index is 0.446. The highest BCUT2D eigenvalue weighted by atomic mass is 32.1. The lowest BCUT2D eigenvalue weighted by Gasteiger charge is -2.03. The summed E-state index contributed by atoms with van der Waals surface area (Å²) < 4.78 is 5.39. The van der Waals surface area contributed by atoms with Gasteiger partial charge in [0.2, 0.25) is 5.89 Å². The lowest BCUT2D eigenvalue weighted by molar-refractivity contribution is 0.559. The lowest BCUT2D eigenvalue weighted by Crippen LogP contribution is -2.21. The fraction of sp³-hybridized carbons (Fsp3) is 0.455. The van der Waals surface area contributed by atoms with Gasteiger partial charge in [0.1, 0.15) is 12.0 Å². The molecule has 0 saturated heterocycles. The molecule has 0 aliphatic carbocycles. The van der Waals surface area contributed by atoms with E-state index < -0.39 is 0 Å². The van der Waals surface area contributed by atoms with Gasteiger partial charge in [-0.3, -0.25) is 0 Å². The Morgan fingerprint density at radius 3 is 2.88 bits per heavy atom. The molecule has 0 amide bonds. The minimum absolute atomic E-state index is 0.446. The first-order chi connectivity index (χ1) is 7.65. The molecule has 0 spiro atoms. The van der Waals surface area contributed by atoms with E-state index >= 15 is 0 Å². The van der Waals surface area contributed by atoms with Gasteiger partial charge in [-0.2, -0.15) is 0 Å². The zero-order valence-corrected chi connectivity index (χ0v) is 10.5. The van der Waals surface area contributed by atoms with Crippen molar-refractivity contribution >= 4 is 11.3 Å². The van der Waals surface area contributed by atoms with Crippen molar-refractivity contribution in [1.29, 1.82) is 0 Å². The maximum Gasteiger partial charge on any atom is 0.246 e. The molecule has 16 heavy (non-hydrogen) atoms. The highest BCUT2D eigenvalue weighted by Gasteiger charge is 2.09. The van der Waals surface area contributed by atoms with Gasteiger partial charge in [-0.05, 0) is 6.92 Å². The number of thiazole rings is 1. The third-order valence-electron chi connectivity index (χ3n) is 2.08. The Bertz CT molecular complexity index is 461. The molecule has 0 fully saturated rings. The second-order valence-electron chi connectivity index (χ2n) is 3.93. The zero-order valence-electron chi connectivity index (χ0n) is 9.65. The Kier molecular flexibility index (Phi) is 3.36. The van der Waals surface area contributed by atoms with Gasteiger partial charge in [-0.25, -0.2) is 9.97 Å². The number of oxazole rings is 1. The number of aromatic nitrogens is 2. The Balaban J connectivity index is 2.07. The summed E-state index contributed by atoms with van der Waals surface area (Å²) in [5, 5.41) is 6.27. The maximum absolute atomic E-state index is 5.39. The first-order valence-corrected chi connectivity index (χ1v) is 6.13. The summed E-state index contributed by atoms with van der Waals surface area (Å²) in [5.74, 6) is 0.602. The third-order valence-corrected chi connectivity index (χ3v) is 2.85. The van der Waals surface area contributed by atoms with Crippen molar-refractivity contribution < 1.29 is 4.42 Å². The van der Waals surface area contributed by atoms with Crippen LogP contribution in [0.15, 0.2) is 16.1 Å². The van der Waals surface area contributed by atoms with Crippen molar-refractivity contribution in [2.45, 2.75) is 33.4 Å². The highest BCUT2D eigenvalue weighted by Crippen LogP contribution is 2.20. The Morgan fingerprint density at radius 2 is 2.25 bits per heavy atom. The van der Waals surface area contributed by atoms with Crippen molar-refractivity contribution in [3.63, 3.8) is 0 Å². The van der Waals surface area contributed by atoms with E-state index in [0.29, 0.717) is 11.9 Å². The van der Waals surface area contributed by atoms with Gasteiger partial charge in [0, 0.05) is 18.0 Å². The summed E-state index contributed by atoms with van der Waals surface area (Å²) >= 11 is 1.60. The fourth-order valence-corrected chi connectivity index (χ4v) is 1.86. The van der Waals surface area contributed by atoms with Crippen molar-refractivity contribution in [3.05, 3.63) is 22.3 Å². The molecule has 0 bridgehead atoms. The van der Waals surface area contributed by atoms with Crippen LogP contribution in [0.4, 0.5) is 0 Å². The first-order valence-electron chi connectivity index (χ1n) is 5.25. The Morgan fingerprint density at radius 1 is 1.44 bits per heavy atom. The Hall–Kier alpha value is -1.20. The predicted molar refractivity (Wildman–Crippen MR) is 64.3 cm³/mol. The molecule has 86 valence electrons. The summed E-state index contributed by atoms with van der Waals surface area (Å²) in [6.45, 7) is 6.90. The molecule has 1 N–H and O–H groups in total. The summed E-state index contributed by atoms with van der Waals surface area (Å²) in [7, 11) is 0. The van der Waals surface area contributed by atoms with Crippen LogP contribution in [0.3, 0.4) is 0 Å². The molecule has 0 aliphatic heterocycles. The molecule has 2 aromatic heterocycles. The second-order valence-corrected chi connectivity index (χ2v) is 4.99. The largest absolute Gasteiger partial charge is 0.443 e. The third kappa shape index (κ3) is 2.68. The van der Waals surface area contributed by atoms with Crippen molar-refractivity contribution in [2.75, 3.05) is 0 Å². The zero-order chi connectivity index (χ0) is 11.5. The van der Waals surface area contributed by atoms with Crippen LogP contribution in [0.2, 0.25) is 0 Å². The van der Waals surface area contributed by atoms with E-state index in [1.807, 2.05) is 12.3 Å². The van der Waals surface area contributed by atoms with Gasteiger partial charge in [-0.15, -0.1) is 11.3 Å². The maximum atomic E-state index is 5.39. The molecule has 0 aliphatic rings. The van der Waals surface area contributed by atoms with Gasteiger partial charge < -0.3 is 9.73 Å². The topological polar surface area (TPSA) is 51.0 Å². The van der Waals surface area contributed by atoms with Crippen molar-refractivity contribution in [3.8, 4) is 11.6 Å². The van der Waals surface area contributed by atoms with Crippen LogP contribution in [0.1, 0.15) is 24.5 Å². The van der Waals surface area contributed by atoms with Gasteiger partial charge in [0.25, 0.3) is 0 Å². The standard InChI is InChI=1S/C11H15N3OS/c1-7(2)12-4-9-5-15-11(14-9)10-6-16-8(3)13-10/h5-7,12H,4H2,1-3H3. The highest BCUT2D eigenvalue weighted by molar-refractivity contribution is 7.09. The van der Waals surface area contributed by atoms with E-state index in [9.17, 15) is 0 Å². The molecule has 4 nitrogen and oxygen atoms in total. The molecular weight excluding hydrogens is 222 g/mol. The molecule has 0 atom stereocenters. The number of rotatable bonds is 4. The minimum Gasteiger partial charge on any atom is -0.443 e. The average molecular weight is 237 g/mol. The fourth-order valence-electron chi connectivity index (χ4n) is 1.28. The first kappa shape index (κ1) is 11.3. The quantitative estimate of drug-likeness (QED) is 0.888. The van der Waals surface area contributed by atoms with E-state index in [2.05, 4.69) is 29.1 Å². The molecule has 5 heteroatoms. The number of aryl methyl sites for hydroxylation is 1. The van der Waals surface area contributed by atoms with E-state index in [-0.39, 0.29) is 0 Å². The van der Waals surface area contributed by atoms with E-state index in [0.717, 1.165) is 22.9 Å². The molecule has 2 heterocycles. The lowest BCUT2D eigenvalue weighted by atomic mass is 10.3. The molecule has 0 unspecified atom stereocenters. The normalized spacial score (nSPS) is 11.2. The van der Waals surface area contributed by atoms with Crippen LogP contribution in [0.25, 0.3) is 11.6 Å². The Labute approximate surface area is 98.7 Å². The summed E-state index contributed by atoms with van der Waals surface area (Å²) in [6, 6.07) is 0.446. The van der Waals surface area contributed by atoms with Crippen LogP contribution in [0.5, 0.6) is 0 Å². The summed E-state index contributed by atoms with van der Waals surface area (Å²) in [5.41, 5.74) is 1.73. The molecule has 0 saturated carbocycles. The van der Waals surface area contributed by atoms with Crippen LogP contribution < -0.4 is 5.32 Å². The summed E-state index contributed by atoms with van der Waals surface area (Å²) in [4.78, 5) is 8.71.